The zero-order chi connectivity index (χ0) is 21.4. The van der Waals surface area contributed by atoms with Crippen LogP contribution in [0.1, 0.15) is 43.6 Å². The number of hydrogen-bond acceptors (Lipinski definition) is 7. The maximum atomic E-state index is 12.6. The van der Waals surface area contributed by atoms with Gasteiger partial charge in [0.15, 0.2) is 11.5 Å². The molecule has 0 unspecified atom stereocenters. The summed E-state index contributed by atoms with van der Waals surface area (Å²) in [5.74, 6) is 0.671. The quantitative estimate of drug-likeness (QED) is 0.337. The van der Waals surface area contributed by atoms with E-state index in [-0.39, 0.29) is 17.1 Å². The van der Waals surface area contributed by atoms with E-state index < -0.39 is 5.91 Å². The van der Waals surface area contributed by atoms with Gasteiger partial charge in [0.2, 0.25) is 5.75 Å². The number of carbonyl (C=O) groups is 1. The number of phenolic OH excluding ortho intramolecular Hbond substituents is 2. The van der Waals surface area contributed by atoms with Gasteiger partial charge >= 0.3 is 0 Å². The van der Waals surface area contributed by atoms with E-state index in [9.17, 15) is 15.0 Å². The topological polar surface area (TPSA) is 110 Å². The lowest BCUT2D eigenvalue weighted by Crippen LogP contribution is -2.20. The number of aromatic hydroxyl groups is 2. The molecule has 8 heteroatoms. The van der Waals surface area contributed by atoms with Gasteiger partial charge in [-0.1, -0.05) is 0 Å². The Morgan fingerprint density at radius 2 is 1.55 bits per heavy atom. The van der Waals surface area contributed by atoms with Gasteiger partial charge in [0.05, 0.1) is 25.5 Å². The van der Waals surface area contributed by atoms with Crippen molar-refractivity contribution < 1.29 is 29.2 Å². The van der Waals surface area contributed by atoms with Gasteiger partial charge in [0, 0.05) is 11.1 Å². The van der Waals surface area contributed by atoms with Crippen LogP contribution in [0.3, 0.4) is 0 Å². The molecule has 0 saturated heterocycles. The number of hydrogen-bond donors (Lipinski definition) is 3. The van der Waals surface area contributed by atoms with Gasteiger partial charge < -0.3 is 24.4 Å². The summed E-state index contributed by atoms with van der Waals surface area (Å²) in [5.41, 5.74) is 3.35. The molecule has 0 aliphatic rings. The van der Waals surface area contributed by atoms with Crippen LogP contribution >= 0.6 is 0 Å². The highest BCUT2D eigenvalue weighted by Crippen LogP contribution is 2.39. The molecule has 0 aromatic heterocycles. The van der Waals surface area contributed by atoms with Crippen LogP contribution in [-0.4, -0.2) is 41.7 Å². The molecule has 156 valence electrons. The molecule has 2 rings (SSSR count). The highest BCUT2D eigenvalue weighted by molar-refractivity contribution is 6.03. The molecule has 0 radical (unpaired) electrons. The first kappa shape index (κ1) is 21.9. The van der Waals surface area contributed by atoms with E-state index >= 15 is 0 Å². The van der Waals surface area contributed by atoms with E-state index in [0.717, 1.165) is 0 Å². The van der Waals surface area contributed by atoms with E-state index in [1.54, 1.807) is 19.1 Å². The van der Waals surface area contributed by atoms with E-state index in [1.807, 2.05) is 20.8 Å². The predicted octanol–water partition coefficient (Wildman–Crippen LogP) is 3.45. The molecular weight excluding hydrogens is 376 g/mol. The molecular formula is C21H26N2O6. The molecule has 2 aromatic rings. The minimum atomic E-state index is -0.492. The van der Waals surface area contributed by atoms with Crippen molar-refractivity contribution in [3.63, 3.8) is 0 Å². The molecule has 3 N–H and O–H groups in total. The normalized spacial score (nSPS) is 11.1. The summed E-state index contributed by atoms with van der Waals surface area (Å²) in [7, 11) is 0. The number of nitrogens with one attached hydrogen (secondary N) is 1. The Kier molecular flexibility index (Phi) is 7.70. The smallest absolute Gasteiger partial charge is 0.271 e. The summed E-state index contributed by atoms with van der Waals surface area (Å²) < 4.78 is 16.8. The Hall–Kier alpha value is -3.42. The van der Waals surface area contributed by atoms with E-state index in [4.69, 9.17) is 14.2 Å². The number of benzene rings is 2. The largest absolute Gasteiger partial charge is 0.508 e. The second-order valence-corrected chi connectivity index (χ2v) is 5.94. The second kappa shape index (κ2) is 10.2. The molecule has 0 spiro atoms. The Bertz CT molecular complexity index is 868. The van der Waals surface area contributed by atoms with Crippen LogP contribution in [0, 0.1) is 0 Å². The van der Waals surface area contributed by atoms with Gasteiger partial charge in [-0.2, -0.15) is 5.10 Å². The molecule has 1 amide bonds. The predicted molar refractivity (Wildman–Crippen MR) is 109 cm³/mol. The third-order valence-electron chi connectivity index (χ3n) is 3.87. The van der Waals surface area contributed by atoms with Crippen molar-refractivity contribution in [3.05, 3.63) is 41.5 Å². The highest BCUT2D eigenvalue weighted by atomic mass is 16.5. The monoisotopic (exact) mass is 402 g/mol. The summed E-state index contributed by atoms with van der Waals surface area (Å²) in [4.78, 5) is 12.6. The molecule has 0 saturated carbocycles. The van der Waals surface area contributed by atoms with Gasteiger partial charge in [-0.15, -0.1) is 0 Å². The first-order valence-electron chi connectivity index (χ1n) is 9.34. The number of nitrogens with zero attached hydrogens (tertiary/aromatic N) is 1. The van der Waals surface area contributed by atoms with Gasteiger partial charge in [-0.3, -0.25) is 4.79 Å². The van der Waals surface area contributed by atoms with Gasteiger partial charge in [0.1, 0.15) is 11.5 Å². The summed E-state index contributed by atoms with van der Waals surface area (Å²) in [6.07, 6.45) is 0. The second-order valence-electron chi connectivity index (χ2n) is 5.94. The fraction of sp³-hybridized carbons (Fsp3) is 0.333. The first-order valence-corrected chi connectivity index (χ1v) is 9.34. The summed E-state index contributed by atoms with van der Waals surface area (Å²) in [6.45, 7) is 8.32. The summed E-state index contributed by atoms with van der Waals surface area (Å²) in [5, 5.41) is 23.5. The fourth-order valence-corrected chi connectivity index (χ4v) is 2.59. The van der Waals surface area contributed by atoms with Crippen LogP contribution in [0.2, 0.25) is 0 Å². The fourth-order valence-electron chi connectivity index (χ4n) is 2.59. The van der Waals surface area contributed by atoms with Crippen LogP contribution in [-0.2, 0) is 0 Å². The van der Waals surface area contributed by atoms with Crippen LogP contribution in [0.5, 0.6) is 28.7 Å². The van der Waals surface area contributed by atoms with Crippen molar-refractivity contribution in [1.29, 1.82) is 0 Å². The van der Waals surface area contributed by atoms with Crippen molar-refractivity contribution in [2.24, 2.45) is 5.10 Å². The van der Waals surface area contributed by atoms with Crippen molar-refractivity contribution in [2.45, 2.75) is 27.7 Å². The third kappa shape index (κ3) is 5.54. The van der Waals surface area contributed by atoms with Crippen molar-refractivity contribution >= 4 is 11.6 Å². The number of phenols is 2. The zero-order valence-corrected chi connectivity index (χ0v) is 17.0. The lowest BCUT2D eigenvalue weighted by Gasteiger charge is -2.16. The molecule has 0 bridgehead atoms. The molecule has 0 atom stereocenters. The summed E-state index contributed by atoms with van der Waals surface area (Å²) in [6, 6.07) is 7.18. The number of rotatable bonds is 9. The van der Waals surface area contributed by atoms with Crippen LogP contribution < -0.4 is 19.6 Å². The van der Waals surface area contributed by atoms with Crippen LogP contribution in [0.15, 0.2) is 35.4 Å². The lowest BCUT2D eigenvalue weighted by molar-refractivity contribution is 0.0953. The Morgan fingerprint density at radius 1 is 0.966 bits per heavy atom. The van der Waals surface area contributed by atoms with Crippen LogP contribution in [0.25, 0.3) is 0 Å². The van der Waals surface area contributed by atoms with Gasteiger partial charge in [-0.05, 0) is 58.0 Å². The maximum Gasteiger partial charge on any atom is 0.271 e. The highest BCUT2D eigenvalue weighted by Gasteiger charge is 2.18. The van der Waals surface area contributed by atoms with Gasteiger partial charge in [-0.25, -0.2) is 5.43 Å². The third-order valence-corrected chi connectivity index (χ3v) is 3.87. The zero-order valence-electron chi connectivity index (χ0n) is 17.0. The molecule has 2 aromatic carbocycles. The molecule has 0 aliphatic heterocycles. The lowest BCUT2D eigenvalue weighted by atomic mass is 10.1. The minimum Gasteiger partial charge on any atom is -0.508 e. The Labute approximate surface area is 169 Å². The maximum absolute atomic E-state index is 12.6. The van der Waals surface area contributed by atoms with Crippen molar-refractivity contribution in [2.75, 3.05) is 19.8 Å². The Morgan fingerprint density at radius 3 is 2.10 bits per heavy atom. The van der Waals surface area contributed by atoms with Crippen molar-refractivity contribution in [3.8, 4) is 28.7 Å². The van der Waals surface area contributed by atoms with Crippen molar-refractivity contribution in [1.82, 2.24) is 5.43 Å². The molecule has 0 heterocycles. The van der Waals surface area contributed by atoms with E-state index in [2.05, 4.69) is 10.5 Å². The number of amides is 1. The average molecular weight is 402 g/mol. The van der Waals surface area contributed by atoms with E-state index in [0.29, 0.717) is 48.3 Å². The number of carbonyl (C=O) groups excluding carboxylic acids is 1. The van der Waals surface area contributed by atoms with Gasteiger partial charge in [0.25, 0.3) is 5.91 Å². The average Bonchev–Trinajstić information content (AvgIpc) is 2.70. The SMILES string of the molecule is CCOc1cc(C(=O)N/N=C(\C)c2cc(O)ccc2O)cc(OCC)c1OCC. The Balaban J connectivity index is 2.32. The van der Waals surface area contributed by atoms with E-state index in [1.165, 1.54) is 18.2 Å². The molecule has 8 nitrogen and oxygen atoms in total. The summed E-state index contributed by atoms with van der Waals surface area (Å²) >= 11 is 0. The molecule has 0 aliphatic carbocycles. The molecule has 29 heavy (non-hydrogen) atoms. The number of hydrazone groups is 1. The minimum absolute atomic E-state index is 0.0205. The standard InChI is InChI=1S/C21H26N2O6/c1-5-27-18-10-14(11-19(28-6-2)20(18)29-7-3)21(26)23-22-13(4)16-12-15(24)8-9-17(16)25/h8-12,24-25H,5-7H2,1-4H3,(H,23,26)/b22-13+. The molecule has 0 fully saturated rings. The first-order chi connectivity index (χ1) is 13.9. The van der Waals surface area contributed by atoms with Crippen LogP contribution in [0.4, 0.5) is 0 Å². The number of ether oxygens (including phenoxy) is 3.